The summed E-state index contributed by atoms with van der Waals surface area (Å²) in [4.78, 5) is 29.5. The van der Waals surface area contributed by atoms with Gasteiger partial charge in [0.25, 0.3) is 0 Å². The Morgan fingerprint density at radius 3 is 2.48 bits per heavy atom. The van der Waals surface area contributed by atoms with Crippen LogP contribution in [0.3, 0.4) is 0 Å². The Hall–Kier alpha value is -2.44. The first-order valence-corrected chi connectivity index (χ1v) is 8.29. The van der Waals surface area contributed by atoms with E-state index in [9.17, 15) is 27.9 Å². The maximum atomic E-state index is 13.2. The van der Waals surface area contributed by atoms with Crippen LogP contribution in [0.2, 0.25) is 0 Å². The number of carbonyl (C=O) groups is 2. The predicted octanol–water partition coefficient (Wildman–Crippen LogP) is 2.67. The van der Waals surface area contributed by atoms with Gasteiger partial charge in [-0.15, -0.1) is 0 Å². The van der Waals surface area contributed by atoms with Gasteiger partial charge >= 0.3 is 6.18 Å². The number of imide groups is 1. The molecule has 5 atom stereocenters. The van der Waals surface area contributed by atoms with Crippen LogP contribution in [0.25, 0.3) is 4.85 Å². The number of carbonyl (C=O) groups excluding carboxylic acids is 2. The highest BCUT2D eigenvalue weighted by Crippen LogP contribution is 2.61. The number of nitrogens with zero attached hydrogens (tertiary/aromatic N) is 2. The van der Waals surface area contributed by atoms with Crippen molar-refractivity contribution in [1.29, 1.82) is 0 Å². The van der Waals surface area contributed by atoms with Crippen molar-refractivity contribution in [2.75, 3.05) is 4.90 Å². The number of aliphatic hydroxyl groups excluding tert-OH is 1. The van der Waals surface area contributed by atoms with Crippen LogP contribution in [0.5, 0.6) is 0 Å². The Balaban J connectivity index is 1.81. The number of ether oxygens (including phenoxy) is 1. The van der Waals surface area contributed by atoms with Gasteiger partial charge in [0.15, 0.2) is 5.69 Å². The molecule has 3 saturated heterocycles. The van der Waals surface area contributed by atoms with Gasteiger partial charge in [-0.2, -0.15) is 13.2 Å². The van der Waals surface area contributed by atoms with Crippen molar-refractivity contribution in [3.63, 3.8) is 0 Å². The molecule has 142 valence electrons. The van der Waals surface area contributed by atoms with Crippen LogP contribution in [0.15, 0.2) is 18.2 Å². The van der Waals surface area contributed by atoms with Gasteiger partial charge in [0.05, 0.1) is 35.7 Å². The monoisotopic (exact) mass is 380 g/mol. The van der Waals surface area contributed by atoms with Crippen LogP contribution in [-0.4, -0.2) is 34.2 Å². The zero-order valence-corrected chi connectivity index (χ0v) is 14.4. The minimum Gasteiger partial charge on any atom is -0.390 e. The van der Waals surface area contributed by atoms with Gasteiger partial charge in [-0.05, 0) is 26.0 Å². The number of halogens is 3. The first-order chi connectivity index (χ1) is 12.4. The molecule has 1 aromatic rings. The van der Waals surface area contributed by atoms with E-state index in [1.54, 1.807) is 13.8 Å². The molecular formula is C18H15F3N2O4. The summed E-state index contributed by atoms with van der Waals surface area (Å²) >= 11 is 0. The fourth-order valence-corrected chi connectivity index (χ4v) is 4.76. The van der Waals surface area contributed by atoms with E-state index in [1.165, 1.54) is 0 Å². The van der Waals surface area contributed by atoms with Crippen molar-refractivity contribution in [1.82, 2.24) is 0 Å². The van der Waals surface area contributed by atoms with E-state index < -0.39 is 58.4 Å². The highest BCUT2D eigenvalue weighted by atomic mass is 19.4. The highest BCUT2D eigenvalue weighted by molar-refractivity contribution is 6.23. The Morgan fingerprint density at radius 1 is 1.26 bits per heavy atom. The van der Waals surface area contributed by atoms with E-state index in [1.807, 2.05) is 0 Å². The molecule has 0 radical (unpaired) electrons. The number of benzene rings is 1. The molecule has 3 aliphatic heterocycles. The van der Waals surface area contributed by atoms with E-state index in [4.69, 9.17) is 11.3 Å². The van der Waals surface area contributed by atoms with Crippen LogP contribution in [0.4, 0.5) is 24.5 Å². The van der Waals surface area contributed by atoms with Crippen LogP contribution in [-0.2, 0) is 20.5 Å². The summed E-state index contributed by atoms with van der Waals surface area (Å²) in [5, 5.41) is 10.3. The van der Waals surface area contributed by atoms with Crippen molar-refractivity contribution < 1.29 is 32.6 Å². The van der Waals surface area contributed by atoms with Crippen LogP contribution < -0.4 is 4.90 Å². The van der Waals surface area contributed by atoms with Gasteiger partial charge in [0, 0.05) is 12.1 Å². The van der Waals surface area contributed by atoms with Crippen molar-refractivity contribution in [2.45, 2.75) is 43.8 Å². The van der Waals surface area contributed by atoms with Crippen molar-refractivity contribution in [2.24, 2.45) is 11.8 Å². The summed E-state index contributed by atoms with van der Waals surface area (Å²) in [6.45, 7) is 10.1. The lowest BCUT2D eigenvalue weighted by Crippen LogP contribution is -2.49. The largest absolute Gasteiger partial charge is 0.407 e. The Kier molecular flexibility index (Phi) is 3.38. The normalized spacial score (nSPS) is 37.7. The molecule has 0 spiro atoms. The number of hydrogen-bond acceptors (Lipinski definition) is 4. The van der Waals surface area contributed by atoms with E-state index in [-0.39, 0.29) is 12.1 Å². The summed E-state index contributed by atoms with van der Waals surface area (Å²) in [5.74, 6) is -3.17. The smallest absolute Gasteiger partial charge is 0.390 e. The van der Waals surface area contributed by atoms with Gasteiger partial charge in [-0.3, -0.25) is 9.59 Å². The second-order valence-electron chi connectivity index (χ2n) is 7.60. The van der Waals surface area contributed by atoms with Gasteiger partial charge in [-0.1, -0.05) is 6.07 Å². The molecular weight excluding hydrogens is 365 g/mol. The first kappa shape index (κ1) is 17.9. The molecule has 9 heteroatoms. The molecule has 3 heterocycles. The molecule has 0 saturated carbocycles. The summed E-state index contributed by atoms with van der Waals surface area (Å²) < 4.78 is 45.6. The number of aliphatic hydroxyl groups is 1. The number of rotatable bonds is 1. The molecule has 2 unspecified atom stereocenters. The predicted molar refractivity (Wildman–Crippen MR) is 85.7 cm³/mol. The second kappa shape index (κ2) is 5.09. The third-order valence-electron chi connectivity index (χ3n) is 5.96. The molecule has 6 nitrogen and oxygen atoms in total. The molecule has 1 N–H and O–H groups in total. The van der Waals surface area contributed by atoms with Gasteiger partial charge in [0.1, 0.15) is 5.60 Å². The average Bonchev–Trinajstić information content (AvgIpc) is 3.07. The lowest BCUT2D eigenvalue weighted by molar-refractivity contribution is -0.137. The third kappa shape index (κ3) is 2.14. The molecule has 3 aliphatic rings. The number of amides is 2. The van der Waals surface area contributed by atoms with E-state index in [0.717, 1.165) is 17.0 Å². The van der Waals surface area contributed by atoms with E-state index in [2.05, 4.69) is 4.85 Å². The van der Waals surface area contributed by atoms with Crippen molar-refractivity contribution in [3.05, 3.63) is 35.2 Å². The number of alkyl halides is 3. The lowest BCUT2D eigenvalue weighted by atomic mass is 9.67. The Morgan fingerprint density at radius 2 is 1.89 bits per heavy atom. The molecule has 1 aromatic carbocycles. The second-order valence-corrected chi connectivity index (χ2v) is 7.60. The average molecular weight is 380 g/mol. The minimum absolute atomic E-state index is 0.169. The topological polar surface area (TPSA) is 71.2 Å². The molecule has 3 fully saturated rings. The van der Waals surface area contributed by atoms with Crippen LogP contribution >= 0.6 is 0 Å². The third-order valence-corrected chi connectivity index (χ3v) is 5.96. The van der Waals surface area contributed by atoms with Crippen LogP contribution in [0.1, 0.15) is 25.8 Å². The first-order valence-electron chi connectivity index (χ1n) is 8.29. The zero-order valence-electron chi connectivity index (χ0n) is 14.4. The van der Waals surface area contributed by atoms with Gasteiger partial charge < -0.3 is 9.84 Å². The van der Waals surface area contributed by atoms with E-state index >= 15 is 0 Å². The summed E-state index contributed by atoms with van der Waals surface area (Å²) in [5.41, 5.74) is -4.36. The fourth-order valence-electron chi connectivity index (χ4n) is 4.76. The van der Waals surface area contributed by atoms with Crippen molar-refractivity contribution in [3.8, 4) is 0 Å². The fraction of sp³-hybridized carbons (Fsp3) is 0.500. The quantitative estimate of drug-likeness (QED) is 0.601. The van der Waals surface area contributed by atoms with E-state index in [0.29, 0.717) is 6.07 Å². The maximum Gasteiger partial charge on any atom is 0.407 e. The number of hydrogen-bond donors (Lipinski definition) is 1. The SMILES string of the molecule is [C-]#[N+]c1ccc(N2C(=O)[C@@H]3[C@H](C2=O)C2(C)C[C@H](O)C3(C)O2)cc1C(F)(F)F. The Labute approximate surface area is 152 Å². The van der Waals surface area contributed by atoms with Crippen LogP contribution in [0, 0.1) is 18.4 Å². The summed E-state index contributed by atoms with van der Waals surface area (Å²) in [7, 11) is 0. The molecule has 2 amide bonds. The summed E-state index contributed by atoms with van der Waals surface area (Å²) in [6, 6.07) is 2.75. The standard InChI is InChI=1S/C18H15F3N2O4/c1-16-7-11(24)17(2,27-16)13-12(16)14(25)23(15(13)26)8-4-5-10(22-3)9(6-8)18(19,20)21/h4-6,11-13,24H,7H2,1-2H3/t11-,12+,13-,16?,17?/m0/s1. The molecule has 2 bridgehead atoms. The molecule has 4 rings (SSSR count). The number of anilines is 1. The number of fused-ring (bicyclic) bond motifs is 5. The minimum atomic E-state index is -4.80. The summed E-state index contributed by atoms with van der Waals surface area (Å²) in [6.07, 6.45) is -5.58. The van der Waals surface area contributed by atoms with Crippen molar-refractivity contribution >= 4 is 23.2 Å². The maximum absolute atomic E-state index is 13.2. The molecule has 0 aliphatic carbocycles. The van der Waals surface area contributed by atoms with Gasteiger partial charge in [0.2, 0.25) is 11.8 Å². The lowest BCUT2D eigenvalue weighted by Gasteiger charge is -2.31. The molecule has 27 heavy (non-hydrogen) atoms. The highest BCUT2D eigenvalue weighted by Gasteiger charge is 2.75. The zero-order chi connectivity index (χ0) is 19.9. The molecule has 0 aromatic heterocycles. The Bertz CT molecular complexity index is 924. The van der Waals surface area contributed by atoms with Gasteiger partial charge in [-0.25, -0.2) is 9.74 Å².